The van der Waals surface area contributed by atoms with Crippen LogP contribution in [0.15, 0.2) is 42.5 Å². The molecule has 1 N–H and O–H groups in total. The van der Waals surface area contributed by atoms with Crippen LogP contribution in [0.25, 0.3) is 0 Å². The Morgan fingerprint density at radius 2 is 1.81 bits per heavy atom. The van der Waals surface area contributed by atoms with E-state index < -0.39 is 17.5 Å². The summed E-state index contributed by atoms with van der Waals surface area (Å²) in [4.78, 5) is 25.8. The predicted molar refractivity (Wildman–Crippen MR) is 97.5 cm³/mol. The lowest BCUT2D eigenvalue weighted by molar-refractivity contribution is -0.131. The van der Waals surface area contributed by atoms with Crippen LogP contribution in [0.4, 0.5) is 8.78 Å². The van der Waals surface area contributed by atoms with E-state index in [1.807, 2.05) is 31.2 Å². The van der Waals surface area contributed by atoms with Gasteiger partial charge in [0.05, 0.1) is 18.7 Å². The third-order valence-corrected chi connectivity index (χ3v) is 4.37. The normalized spacial score (nSPS) is 11.6. The zero-order valence-corrected chi connectivity index (χ0v) is 15.5. The second kappa shape index (κ2) is 9.12. The lowest BCUT2D eigenvalue weighted by atomic mass is 10.1. The Hall–Kier alpha value is -2.96. The Bertz CT molecular complexity index is 809. The van der Waals surface area contributed by atoms with Gasteiger partial charge in [-0.2, -0.15) is 0 Å². The first-order chi connectivity index (χ1) is 12.8. The number of nitrogens with zero attached hydrogens (tertiary/aromatic N) is 1. The Labute approximate surface area is 156 Å². The molecule has 2 aromatic carbocycles. The second-order valence-corrected chi connectivity index (χ2v) is 6.08. The largest absolute Gasteiger partial charge is 0.497 e. The van der Waals surface area contributed by atoms with Crippen LogP contribution in [0.5, 0.6) is 5.75 Å². The molecule has 0 saturated heterocycles. The van der Waals surface area contributed by atoms with Gasteiger partial charge in [-0.15, -0.1) is 0 Å². The van der Waals surface area contributed by atoms with Crippen LogP contribution in [0.2, 0.25) is 0 Å². The summed E-state index contributed by atoms with van der Waals surface area (Å²) in [6, 6.07) is 9.97. The van der Waals surface area contributed by atoms with E-state index >= 15 is 0 Å². The van der Waals surface area contributed by atoms with Crippen molar-refractivity contribution < 1.29 is 23.1 Å². The number of methoxy groups -OCH3 is 1. The maximum absolute atomic E-state index is 13.6. The molecule has 0 aliphatic carbocycles. The zero-order valence-electron chi connectivity index (χ0n) is 15.5. The number of nitrogens with one attached hydrogen (secondary N) is 1. The van der Waals surface area contributed by atoms with Crippen molar-refractivity contribution in [1.29, 1.82) is 0 Å². The molecular formula is C20H22F2N2O3. The highest BCUT2D eigenvalue weighted by Crippen LogP contribution is 2.22. The van der Waals surface area contributed by atoms with Gasteiger partial charge in [0.1, 0.15) is 17.4 Å². The van der Waals surface area contributed by atoms with Gasteiger partial charge in [-0.1, -0.05) is 12.1 Å². The molecule has 0 heterocycles. The quantitative estimate of drug-likeness (QED) is 0.807. The van der Waals surface area contributed by atoms with Gasteiger partial charge in [-0.3, -0.25) is 9.59 Å². The second-order valence-electron chi connectivity index (χ2n) is 6.08. The van der Waals surface area contributed by atoms with Crippen molar-refractivity contribution in [2.45, 2.75) is 19.4 Å². The summed E-state index contributed by atoms with van der Waals surface area (Å²) in [5.74, 6) is -1.82. The fourth-order valence-corrected chi connectivity index (χ4v) is 2.55. The van der Waals surface area contributed by atoms with Crippen LogP contribution in [-0.4, -0.2) is 37.4 Å². The zero-order chi connectivity index (χ0) is 20.0. The summed E-state index contributed by atoms with van der Waals surface area (Å²) in [5, 5.41) is 2.47. The topological polar surface area (TPSA) is 58.6 Å². The molecule has 144 valence electrons. The lowest BCUT2D eigenvalue weighted by Crippen LogP contribution is -2.33. The van der Waals surface area contributed by atoms with Crippen molar-refractivity contribution in [3.05, 3.63) is 65.2 Å². The number of hydrogen-bond donors (Lipinski definition) is 1. The fraction of sp³-hybridized carbons (Fsp3) is 0.300. The molecule has 0 radical (unpaired) electrons. The number of rotatable bonds is 7. The smallest absolute Gasteiger partial charge is 0.254 e. The number of hydrogen-bond acceptors (Lipinski definition) is 3. The number of ether oxygens (including phenoxy) is 1. The van der Waals surface area contributed by atoms with Crippen molar-refractivity contribution in [1.82, 2.24) is 10.2 Å². The van der Waals surface area contributed by atoms with Crippen LogP contribution in [0.1, 0.15) is 35.3 Å². The average Bonchev–Trinajstić information content (AvgIpc) is 2.66. The van der Waals surface area contributed by atoms with Gasteiger partial charge in [0, 0.05) is 26.1 Å². The summed E-state index contributed by atoms with van der Waals surface area (Å²) >= 11 is 0. The van der Waals surface area contributed by atoms with Gasteiger partial charge >= 0.3 is 0 Å². The first kappa shape index (κ1) is 20.4. The molecule has 0 spiro atoms. The molecule has 7 heteroatoms. The molecule has 0 aliphatic rings. The SMILES string of the molecule is COc1ccc(C(C)N(C)C(=O)CCNC(=O)c2ccc(F)cc2F)cc1. The van der Waals surface area contributed by atoms with Crippen molar-refractivity contribution in [2.75, 3.05) is 20.7 Å². The Morgan fingerprint density at radius 1 is 1.15 bits per heavy atom. The van der Waals surface area contributed by atoms with Crippen LogP contribution in [-0.2, 0) is 4.79 Å². The van der Waals surface area contributed by atoms with Crippen LogP contribution < -0.4 is 10.1 Å². The number of amides is 2. The highest BCUT2D eigenvalue weighted by molar-refractivity contribution is 5.94. The van der Waals surface area contributed by atoms with E-state index in [0.717, 1.165) is 23.4 Å². The minimum absolute atomic E-state index is 0.0498. The van der Waals surface area contributed by atoms with E-state index in [2.05, 4.69) is 5.32 Å². The molecule has 1 unspecified atom stereocenters. The molecular weight excluding hydrogens is 354 g/mol. The first-order valence-electron chi connectivity index (χ1n) is 8.46. The summed E-state index contributed by atoms with van der Waals surface area (Å²) in [6.45, 7) is 1.94. The maximum Gasteiger partial charge on any atom is 0.254 e. The highest BCUT2D eigenvalue weighted by atomic mass is 19.1. The molecule has 2 rings (SSSR count). The van der Waals surface area contributed by atoms with E-state index in [-0.39, 0.29) is 30.5 Å². The van der Waals surface area contributed by atoms with Gasteiger partial charge in [0.25, 0.3) is 5.91 Å². The van der Waals surface area contributed by atoms with Gasteiger partial charge < -0.3 is 15.0 Å². The molecule has 2 aromatic rings. The third kappa shape index (κ3) is 5.26. The molecule has 0 aromatic heterocycles. The van der Waals surface area contributed by atoms with Crippen molar-refractivity contribution in [3.63, 3.8) is 0 Å². The fourth-order valence-electron chi connectivity index (χ4n) is 2.55. The van der Waals surface area contributed by atoms with E-state index in [9.17, 15) is 18.4 Å². The molecule has 0 fully saturated rings. The Morgan fingerprint density at radius 3 is 2.41 bits per heavy atom. The molecule has 0 saturated carbocycles. The molecule has 0 aliphatic heterocycles. The van der Waals surface area contributed by atoms with E-state index in [0.29, 0.717) is 6.07 Å². The van der Waals surface area contributed by atoms with Crippen molar-refractivity contribution in [3.8, 4) is 5.75 Å². The Kier molecular flexibility index (Phi) is 6.87. The van der Waals surface area contributed by atoms with E-state index in [1.165, 1.54) is 0 Å². The molecule has 5 nitrogen and oxygen atoms in total. The third-order valence-electron chi connectivity index (χ3n) is 4.37. The number of halogens is 2. The lowest BCUT2D eigenvalue weighted by Gasteiger charge is -2.25. The van der Waals surface area contributed by atoms with Crippen molar-refractivity contribution >= 4 is 11.8 Å². The highest BCUT2D eigenvalue weighted by Gasteiger charge is 2.18. The number of carbonyl (C=O) groups is 2. The molecule has 27 heavy (non-hydrogen) atoms. The molecule has 1 atom stereocenters. The van der Waals surface area contributed by atoms with Crippen LogP contribution >= 0.6 is 0 Å². The average molecular weight is 376 g/mol. The van der Waals surface area contributed by atoms with E-state index in [4.69, 9.17) is 4.74 Å². The van der Waals surface area contributed by atoms with Gasteiger partial charge in [-0.25, -0.2) is 8.78 Å². The number of carbonyl (C=O) groups excluding carboxylic acids is 2. The summed E-state index contributed by atoms with van der Waals surface area (Å²) in [6.07, 6.45) is 0.0611. The minimum Gasteiger partial charge on any atom is -0.497 e. The van der Waals surface area contributed by atoms with Crippen LogP contribution in [0, 0.1) is 11.6 Å². The minimum atomic E-state index is -0.941. The standard InChI is InChI=1S/C20H22F2N2O3/c1-13(14-4-7-16(27-3)8-5-14)24(2)19(25)10-11-23-20(26)17-9-6-15(21)12-18(17)22/h4-9,12-13H,10-11H2,1-3H3,(H,23,26). The van der Waals surface area contributed by atoms with Crippen molar-refractivity contribution in [2.24, 2.45) is 0 Å². The summed E-state index contributed by atoms with van der Waals surface area (Å²) < 4.78 is 31.6. The van der Waals surface area contributed by atoms with Crippen LogP contribution in [0.3, 0.4) is 0 Å². The first-order valence-corrected chi connectivity index (χ1v) is 8.46. The predicted octanol–water partition coefficient (Wildman–Crippen LogP) is 3.31. The van der Waals surface area contributed by atoms with Gasteiger partial charge in [0.15, 0.2) is 0 Å². The van der Waals surface area contributed by atoms with E-state index in [1.54, 1.807) is 19.1 Å². The van der Waals surface area contributed by atoms with Gasteiger partial charge in [0.2, 0.25) is 5.91 Å². The summed E-state index contributed by atoms with van der Waals surface area (Å²) in [7, 11) is 3.26. The number of benzene rings is 2. The molecule has 2 amide bonds. The molecule has 0 bridgehead atoms. The maximum atomic E-state index is 13.6. The summed E-state index contributed by atoms with van der Waals surface area (Å²) in [5.41, 5.74) is 0.688. The Balaban J connectivity index is 1.87. The monoisotopic (exact) mass is 376 g/mol. The van der Waals surface area contributed by atoms with Gasteiger partial charge in [-0.05, 0) is 36.8 Å².